The molecule has 1 aliphatic rings. The van der Waals surface area contributed by atoms with Gasteiger partial charge in [-0.15, -0.1) is 0 Å². The highest BCUT2D eigenvalue weighted by atomic mass is 16.4. The maximum Gasteiger partial charge on any atom is 0.335 e. The van der Waals surface area contributed by atoms with Crippen LogP contribution in [0.15, 0.2) is 27.6 Å². The first-order valence-electron chi connectivity index (χ1n) is 4.80. The molecule has 1 aromatic heterocycles. The van der Waals surface area contributed by atoms with Crippen molar-refractivity contribution in [3.8, 4) is 0 Å². The summed E-state index contributed by atoms with van der Waals surface area (Å²) in [5.41, 5.74) is 5.64. The van der Waals surface area contributed by atoms with Crippen LogP contribution in [0.2, 0.25) is 0 Å². The van der Waals surface area contributed by atoms with Crippen LogP contribution >= 0.6 is 0 Å². The largest absolute Gasteiger partial charge is 0.430 e. The van der Waals surface area contributed by atoms with Gasteiger partial charge >= 0.3 is 5.63 Å². The minimum absolute atomic E-state index is 0.0599. The lowest BCUT2D eigenvalue weighted by Gasteiger charge is -2.14. The highest BCUT2D eigenvalue weighted by Crippen LogP contribution is 2.11. The quantitative estimate of drug-likeness (QED) is 0.694. The van der Waals surface area contributed by atoms with Gasteiger partial charge < -0.3 is 15.1 Å². The standard InChI is InChI=1S/C10H12N2O3/c11-8-3-4-12(5-8)10(14)7-1-2-9(13)15-6-7/h1-2,6,8H,3-5,11H2/t8-/m1/s1. The molecular weight excluding hydrogens is 196 g/mol. The summed E-state index contributed by atoms with van der Waals surface area (Å²) in [5.74, 6) is -0.133. The van der Waals surface area contributed by atoms with Crippen LogP contribution in [0.5, 0.6) is 0 Å². The third-order valence-electron chi connectivity index (χ3n) is 2.46. The van der Waals surface area contributed by atoms with E-state index < -0.39 is 5.63 Å². The summed E-state index contributed by atoms with van der Waals surface area (Å²) in [6.07, 6.45) is 2.01. The Bertz CT molecular complexity index is 406. The number of hydrogen-bond acceptors (Lipinski definition) is 4. The summed E-state index contributed by atoms with van der Waals surface area (Å²) in [6.45, 7) is 1.23. The zero-order valence-corrected chi connectivity index (χ0v) is 8.18. The van der Waals surface area contributed by atoms with Crippen LogP contribution in [0.4, 0.5) is 0 Å². The number of carbonyl (C=O) groups is 1. The van der Waals surface area contributed by atoms with E-state index in [1.54, 1.807) is 4.90 Å². The topological polar surface area (TPSA) is 76.5 Å². The number of rotatable bonds is 1. The molecule has 0 spiro atoms. The Kier molecular flexibility index (Phi) is 2.55. The maximum atomic E-state index is 11.8. The summed E-state index contributed by atoms with van der Waals surface area (Å²) in [4.78, 5) is 24.2. The second-order valence-electron chi connectivity index (χ2n) is 3.64. The molecule has 2 rings (SSSR count). The van der Waals surface area contributed by atoms with Crippen molar-refractivity contribution in [1.29, 1.82) is 0 Å². The van der Waals surface area contributed by atoms with Gasteiger partial charge in [0.05, 0.1) is 5.56 Å². The van der Waals surface area contributed by atoms with Gasteiger partial charge in [-0.1, -0.05) is 0 Å². The highest BCUT2D eigenvalue weighted by molar-refractivity contribution is 5.93. The minimum atomic E-state index is -0.454. The van der Waals surface area contributed by atoms with Crippen molar-refractivity contribution >= 4 is 5.91 Å². The Balaban J connectivity index is 2.14. The van der Waals surface area contributed by atoms with E-state index in [0.29, 0.717) is 18.7 Å². The molecular formula is C10H12N2O3. The second kappa shape index (κ2) is 3.86. The molecule has 80 valence electrons. The molecule has 0 unspecified atom stereocenters. The molecule has 0 bridgehead atoms. The number of nitrogens with zero attached hydrogens (tertiary/aromatic N) is 1. The van der Waals surface area contributed by atoms with Crippen molar-refractivity contribution in [2.45, 2.75) is 12.5 Å². The van der Waals surface area contributed by atoms with Gasteiger partial charge in [0.15, 0.2) is 0 Å². The molecule has 0 saturated carbocycles. The smallest absolute Gasteiger partial charge is 0.335 e. The zero-order chi connectivity index (χ0) is 10.8. The Labute approximate surface area is 86.5 Å². The van der Waals surface area contributed by atoms with Gasteiger partial charge in [-0.05, 0) is 12.5 Å². The highest BCUT2D eigenvalue weighted by Gasteiger charge is 2.24. The van der Waals surface area contributed by atoms with Gasteiger partial charge in [0.1, 0.15) is 6.26 Å². The van der Waals surface area contributed by atoms with Gasteiger partial charge in [-0.2, -0.15) is 0 Å². The van der Waals surface area contributed by atoms with Crippen molar-refractivity contribution < 1.29 is 9.21 Å². The van der Waals surface area contributed by atoms with Gasteiger partial charge in [-0.3, -0.25) is 4.79 Å². The van der Waals surface area contributed by atoms with E-state index in [4.69, 9.17) is 5.73 Å². The molecule has 0 radical (unpaired) electrons. The Morgan fingerprint density at radius 1 is 1.53 bits per heavy atom. The van der Waals surface area contributed by atoms with Crippen LogP contribution in [0.25, 0.3) is 0 Å². The van der Waals surface area contributed by atoms with Crippen LogP contribution < -0.4 is 11.4 Å². The molecule has 1 amide bonds. The second-order valence-corrected chi connectivity index (χ2v) is 3.64. The lowest BCUT2D eigenvalue weighted by atomic mass is 10.2. The summed E-state index contributed by atoms with van der Waals surface area (Å²) in [6, 6.07) is 2.77. The molecule has 1 aliphatic heterocycles. The number of hydrogen-bond donors (Lipinski definition) is 1. The molecule has 1 fully saturated rings. The molecule has 1 saturated heterocycles. The third-order valence-corrected chi connectivity index (χ3v) is 2.46. The Morgan fingerprint density at radius 2 is 2.33 bits per heavy atom. The van der Waals surface area contributed by atoms with E-state index >= 15 is 0 Å². The summed E-state index contributed by atoms with van der Waals surface area (Å²) >= 11 is 0. The molecule has 0 aromatic carbocycles. The summed E-state index contributed by atoms with van der Waals surface area (Å²) in [7, 11) is 0. The van der Waals surface area contributed by atoms with Gasteiger partial charge in [0.2, 0.25) is 0 Å². The first-order chi connectivity index (χ1) is 7.16. The lowest BCUT2D eigenvalue weighted by Crippen LogP contribution is -2.31. The molecule has 1 atom stereocenters. The van der Waals surface area contributed by atoms with Crippen molar-refractivity contribution in [2.24, 2.45) is 5.73 Å². The summed E-state index contributed by atoms with van der Waals surface area (Å²) in [5, 5.41) is 0. The number of likely N-dealkylation sites (tertiary alicyclic amines) is 1. The van der Waals surface area contributed by atoms with E-state index in [1.165, 1.54) is 18.4 Å². The van der Waals surface area contributed by atoms with Crippen LogP contribution in [0.1, 0.15) is 16.8 Å². The van der Waals surface area contributed by atoms with Gasteiger partial charge in [0, 0.05) is 25.2 Å². The number of amides is 1. The average Bonchev–Trinajstić information content (AvgIpc) is 2.65. The molecule has 0 aliphatic carbocycles. The molecule has 15 heavy (non-hydrogen) atoms. The predicted octanol–water partition coefficient (Wildman–Crippen LogP) is -0.187. The van der Waals surface area contributed by atoms with Crippen molar-refractivity contribution in [1.82, 2.24) is 4.90 Å². The maximum absolute atomic E-state index is 11.8. The normalized spacial score (nSPS) is 20.6. The first-order valence-corrected chi connectivity index (χ1v) is 4.80. The van der Waals surface area contributed by atoms with E-state index in [-0.39, 0.29) is 11.9 Å². The third kappa shape index (κ3) is 2.07. The fraction of sp³-hybridized carbons (Fsp3) is 0.400. The molecule has 1 aromatic rings. The average molecular weight is 208 g/mol. The first kappa shape index (κ1) is 9.92. The minimum Gasteiger partial charge on any atom is -0.430 e. The number of nitrogens with two attached hydrogens (primary N) is 1. The van der Waals surface area contributed by atoms with E-state index in [2.05, 4.69) is 4.42 Å². The van der Waals surface area contributed by atoms with Crippen LogP contribution in [0, 0.1) is 0 Å². The predicted molar refractivity (Wildman–Crippen MR) is 53.5 cm³/mol. The molecule has 5 heteroatoms. The van der Waals surface area contributed by atoms with E-state index in [0.717, 1.165) is 6.42 Å². The SMILES string of the molecule is N[C@@H]1CCN(C(=O)c2ccc(=O)oc2)C1. The molecule has 2 N–H and O–H groups in total. The fourth-order valence-corrected chi connectivity index (χ4v) is 1.63. The fourth-order valence-electron chi connectivity index (χ4n) is 1.63. The Hall–Kier alpha value is -1.62. The van der Waals surface area contributed by atoms with Gasteiger partial charge in [0.25, 0.3) is 5.91 Å². The monoisotopic (exact) mass is 208 g/mol. The molecule has 2 heterocycles. The lowest BCUT2D eigenvalue weighted by molar-refractivity contribution is 0.0788. The van der Waals surface area contributed by atoms with E-state index in [9.17, 15) is 9.59 Å². The Morgan fingerprint density at radius 3 is 2.87 bits per heavy atom. The number of carbonyl (C=O) groups excluding carboxylic acids is 1. The van der Waals surface area contributed by atoms with Crippen molar-refractivity contribution in [2.75, 3.05) is 13.1 Å². The van der Waals surface area contributed by atoms with Crippen LogP contribution in [0.3, 0.4) is 0 Å². The van der Waals surface area contributed by atoms with Crippen LogP contribution in [-0.2, 0) is 0 Å². The van der Waals surface area contributed by atoms with Crippen molar-refractivity contribution in [3.05, 3.63) is 34.4 Å². The summed E-state index contributed by atoms with van der Waals surface area (Å²) < 4.78 is 4.63. The van der Waals surface area contributed by atoms with Crippen molar-refractivity contribution in [3.63, 3.8) is 0 Å². The zero-order valence-electron chi connectivity index (χ0n) is 8.18. The van der Waals surface area contributed by atoms with Gasteiger partial charge in [-0.25, -0.2) is 4.79 Å². The van der Waals surface area contributed by atoms with E-state index in [1.807, 2.05) is 0 Å². The van der Waals surface area contributed by atoms with Crippen LogP contribution in [-0.4, -0.2) is 29.9 Å². The molecule has 5 nitrogen and oxygen atoms in total.